The highest BCUT2D eigenvalue weighted by molar-refractivity contribution is 5.95. The van der Waals surface area contributed by atoms with E-state index in [0.29, 0.717) is 6.61 Å². The summed E-state index contributed by atoms with van der Waals surface area (Å²) in [6.45, 7) is 4.52. The van der Waals surface area contributed by atoms with Crippen molar-refractivity contribution >= 4 is 24.0 Å². The topological polar surface area (TPSA) is 68.2 Å². The highest BCUT2D eigenvalue weighted by Crippen LogP contribution is 2.17. The molecule has 1 amide bonds. The Kier molecular flexibility index (Phi) is 7.91. The molecule has 0 aliphatic carbocycles. The molecule has 1 unspecified atom stereocenters. The maximum absolute atomic E-state index is 12.5. The van der Waals surface area contributed by atoms with Crippen molar-refractivity contribution in [3.63, 3.8) is 0 Å². The number of nitrogens with one attached hydrogen (secondary N) is 2. The van der Waals surface area contributed by atoms with Crippen LogP contribution in [0.25, 0.3) is 0 Å². The lowest BCUT2D eigenvalue weighted by Crippen LogP contribution is -2.30. The van der Waals surface area contributed by atoms with E-state index in [-0.39, 0.29) is 24.4 Å². The molecule has 1 heterocycles. The molecule has 24 heavy (non-hydrogen) atoms. The summed E-state index contributed by atoms with van der Waals surface area (Å²) in [6, 6.07) is 7.24. The lowest BCUT2D eigenvalue weighted by molar-refractivity contribution is -0.118. The average Bonchev–Trinajstić information content (AvgIpc) is 2.92. The minimum absolute atomic E-state index is 0. The van der Waals surface area contributed by atoms with Gasteiger partial charge in [-0.2, -0.15) is 5.10 Å². The fraction of sp³-hybridized carbons (Fsp3) is 0.412. The van der Waals surface area contributed by atoms with Crippen LogP contribution in [0.3, 0.4) is 0 Å². The van der Waals surface area contributed by atoms with Gasteiger partial charge in [0.25, 0.3) is 0 Å². The zero-order valence-electron chi connectivity index (χ0n) is 14.4. The number of rotatable bonds is 7. The Hall–Kier alpha value is -1.89. The second kappa shape index (κ2) is 9.42. The number of hydrogen-bond donors (Lipinski definition) is 2. The van der Waals surface area contributed by atoms with Gasteiger partial charge in [0.2, 0.25) is 5.91 Å². The van der Waals surface area contributed by atoms with Crippen LogP contribution in [0.5, 0.6) is 0 Å². The van der Waals surface area contributed by atoms with Gasteiger partial charge in [-0.3, -0.25) is 9.48 Å². The molecule has 1 aromatic carbocycles. The first-order valence-corrected chi connectivity index (χ1v) is 7.67. The van der Waals surface area contributed by atoms with Crippen LogP contribution in [0.4, 0.5) is 5.69 Å². The Morgan fingerprint density at radius 1 is 1.38 bits per heavy atom. The minimum atomic E-state index is -0.445. The van der Waals surface area contributed by atoms with Crippen molar-refractivity contribution < 1.29 is 9.53 Å². The van der Waals surface area contributed by atoms with Gasteiger partial charge in [0, 0.05) is 24.5 Å². The molecule has 2 aromatic rings. The van der Waals surface area contributed by atoms with E-state index in [4.69, 9.17) is 4.74 Å². The second-order valence-corrected chi connectivity index (χ2v) is 5.72. The third kappa shape index (κ3) is 5.63. The van der Waals surface area contributed by atoms with Gasteiger partial charge in [-0.15, -0.1) is 12.4 Å². The van der Waals surface area contributed by atoms with E-state index in [2.05, 4.69) is 15.7 Å². The van der Waals surface area contributed by atoms with E-state index >= 15 is 0 Å². The number of ether oxygens (including phenoxy) is 1. The molecule has 0 aliphatic rings. The maximum Gasteiger partial charge on any atom is 0.246 e. The quantitative estimate of drug-likeness (QED) is 0.803. The smallest absolute Gasteiger partial charge is 0.246 e. The van der Waals surface area contributed by atoms with Gasteiger partial charge < -0.3 is 15.4 Å². The number of benzene rings is 1. The highest BCUT2D eigenvalue weighted by atomic mass is 35.5. The summed E-state index contributed by atoms with van der Waals surface area (Å²) in [4.78, 5) is 12.5. The lowest BCUT2D eigenvalue weighted by Gasteiger charge is -2.15. The summed E-state index contributed by atoms with van der Waals surface area (Å²) in [5.41, 5.74) is 2.61. The molecule has 1 atom stereocenters. The molecular formula is C17H25ClN4O2. The fourth-order valence-electron chi connectivity index (χ4n) is 2.25. The standard InChI is InChI=1S/C17H24N4O2.ClH/c1-12(2)23-11-13-6-5-7-15(8-13)20-17(22)16(18-3)14-9-19-21(4)10-14;/h5-10,12,16,18H,11H2,1-4H3,(H,20,22);1H. The number of nitrogens with zero attached hydrogens (tertiary/aromatic N) is 2. The molecule has 7 heteroatoms. The molecule has 0 saturated heterocycles. The summed E-state index contributed by atoms with van der Waals surface area (Å²) < 4.78 is 7.27. The average molecular weight is 353 g/mol. The first-order valence-electron chi connectivity index (χ1n) is 7.67. The van der Waals surface area contributed by atoms with Crippen LogP contribution < -0.4 is 10.6 Å². The van der Waals surface area contributed by atoms with Gasteiger partial charge in [0.05, 0.1) is 18.9 Å². The zero-order chi connectivity index (χ0) is 16.8. The molecule has 0 saturated carbocycles. The molecule has 2 N–H and O–H groups in total. The Balaban J connectivity index is 0.00000288. The lowest BCUT2D eigenvalue weighted by atomic mass is 10.1. The number of anilines is 1. The van der Waals surface area contributed by atoms with E-state index in [1.807, 2.05) is 51.4 Å². The van der Waals surface area contributed by atoms with Crippen LogP contribution in [0, 0.1) is 0 Å². The predicted octanol–water partition coefficient (Wildman–Crippen LogP) is 2.67. The van der Waals surface area contributed by atoms with Crippen molar-refractivity contribution in [1.82, 2.24) is 15.1 Å². The van der Waals surface area contributed by atoms with Gasteiger partial charge in [-0.05, 0) is 38.6 Å². The number of carbonyl (C=O) groups is 1. The number of likely N-dealkylation sites (N-methyl/N-ethyl adjacent to an activating group) is 1. The van der Waals surface area contributed by atoms with Gasteiger partial charge in [0.15, 0.2) is 0 Å². The highest BCUT2D eigenvalue weighted by Gasteiger charge is 2.20. The van der Waals surface area contributed by atoms with Gasteiger partial charge in [0.1, 0.15) is 6.04 Å². The summed E-state index contributed by atoms with van der Waals surface area (Å²) in [6.07, 6.45) is 3.69. The van der Waals surface area contributed by atoms with Gasteiger partial charge >= 0.3 is 0 Å². The van der Waals surface area contributed by atoms with Crippen LogP contribution in [0.2, 0.25) is 0 Å². The number of carbonyl (C=O) groups excluding carboxylic acids is 1. The number of aryl methyl sites for hydroxylation is 1. The first kappa shape index (κ1) is 20.2. The number of halogens is 1. The van der Waals surface area contributed by atoms with E-state index in [1.54, 1.807) is 17.9 Å². The van der Waals surface area contributed by atoms with E-state index in [9.17, 15) is 4.79 Å². The van der Waals surface area contributed by atoms with E-state index in [1.165, 1.54) is 0 Å². The van der Waals surface area contributed by atoms with Gasteiger partial charge in [-0.1, -0.05) is 12.1 Å². The van der Waals surface area contributed by atoms with Gasteiger partial charge in [-0.25, -0.2) is 0 Å². The Labute approximate surface area is 149 Å². The van der Waals surface area contributed by atoms with Crippen LogP contribution in [0.1, 0.15) is 31.0 Å². The van der Waals surface area contributed by atoms with Crippen molar-refractivity contribution in [2.45, 2.75) is 32.6 Å². The molecule has 2 rings (SSSR count). The molecule has 0 aliphatic heterocycles. The first-order chi connectivity index (χ1) is 11.0. The van der Waals surface area contributed by atoms with Crippen molar-refractivity contribution in [3.8, 4) is 0 Å². The van der Waals surface area contributed by atoms with E-state index < -0.39 is 6.04 Å². The predicted molar refractivity (Wildman–Crippen MR) is 97.3 cm³/mol. The van der Waals surface area contributed by atoms with Crippen molar-refractivity contribution in [2.75, 3.05) is 12.4 Å². The normalized spacial score (nSPS) is 11.9. The van der Waals surface area contributed by atoms with Crippen molar-refractivity contribution in [2.24, 2.45) is 7.05 Å². The molecule has 0 spiro atoms. The maximum atomic E-state index is 12.5. The molecule has 0 radical (unpaired) electrons. The van der Waals surface area contributed by atoms with Crippen LogP contribution in [-0.2, 0) is 23.2 Å². The molecule has 1 aromatic heterocycles. The summed E-state index contributed by atoms with van der Waals surface area (Å²) in [5, 5.41) is 10.1. The monoisotopic (exact) mass is 352 g/mol. The van der Waals surface area contributed by atoms with E-state index in [0.717, 1.165) is 16.8 Å². The minimum Gasteiger partial charge on any atom is -0.374 e. The number of hydrogen-bond acceptors (Lipinski definition) is 4. The fourth-order valence-corrected chi connectivity index (χ4v) is 2.25. The van der Waals surface area contributed by atoms with Crippen molar-refractivity contribution in [3.05, 3.63) is 47.8 Å². The van der Waals surface area contributed by atoms with Crippen LogP contribution in [0.15, 0.2) is 36.7 Å². The Morgan fingerprint density at radius 2 is 2.12 bits per heavy atom. The molecule has 132 valence electrons. The van der Waals surface area contributed by atoms with Crippen molar-refractivity contribution in [1.29, 1.82) is 0 Å². The molecule has 0 bridgehead atoms. The Bertz CT molecular complexity index is 658. The summed E-state index contributed by atoms with van der Waals surface area (Å²) in [5.74, 6) is -0.123. The van der Waals surface area contributed by atoms with Crippen LogP contribution >= 0.6 is 12.4 Å². The largest absolute Gasteiger partial charge is 0.374 e. The molecule has 0 fully saturated rings. The number of aromatic nitrogens is 2. The third-order valence-corrected chi connectivity index (χ3v) is 3.39. The zero-order valence-corrected chi connectivity index (χ0v) is 15.3. The third-order valence-electron chi connectivity index (χ3n) is 3.39. The molecular weight excluding hydrogens is 328 g/mol. The second-order valence-electron chi connectivity index (χ2n) is 5.72. The number of amides is 1. The molecule has 6 nitrogen and oxygen atoms in total. The SMILES string of the molecule is CNC(C(=O)Nc1cccc(COC(C)C)c1)c1cnn(C)c1.Cl. The summed E-state index contributed by atoms with van der Waals surface area (Å²) >= 11 is 0. The van der Waals surface area contributed by atoms with Crippen LogP contribution in [-0.4, -0.2) is 28.8 Å². The Morgan fingerprint density at radius 3 is 2.71 bits per heavy atom. The summed E-state index contributed by atoms with van der Waals surface area (Å²) in [7, 11) is 3.58.